The zero-order valence-electron chi connectivity index (χ0n) is 16.3. The summed E-state index contributed by atoms with van der Waals surface area (Å²) in [6.07, 6.45) is 4.69. The number of para-hydroxylation sites is 1. The van der Waals surface area contributed by atoms with Gasteiger partial charge in [-0.05, 0) is 44.2 Å². The molecule has 2 aliphatic heterocycles. The summed E-state index contributed by atoms with van der Waals surface area (Å²) in [4.78, 5) is 31.2. The van der Waals surface area contributed by atoms with Crippen LogP contribution in [0.25, 0.3) is 0 Å². The molecule has 4 rings (SSSR count). The molecular weight excluding hydrogens is 356 g/mol. The van der Waals surface area contributed by atoms with E-state index in [0.29, 0.717) is 32.7 Å². The highest BCUT2D eigenvalue weighted by molar-refractivity contribution is 5.89. The van der Waals surface area contributed by atoms with Gasteiger partial charge in [0, 0.05) is 44.0 Å². The Balaban J connectivity index is 1.26. The molecule has 7 nitrogen and oxygen atoms in total. The molecular formula is C21H30N4O3. The highest BCUT2D eigenvalue weighted by atomic mass is 16.3. The number of carbonyl (C=O) groups excluding carboxylic acids is 2. The van der Waals surface area contributed by atoms with Gasteiger partial charge in [0.15, 0.2) is 0 Å². The van der Waals surface area contributed by atoms with Crippen LogP contribution in [0.5, 0.6) is 0 Å². The van der Waals surface area contributed by atoms with Crippen molar-refractivity contribution >= 4 is 17.6 Å². The lowest BCUT2D eigenvalue weighted by atomic mass is 9.69. The molecule has 28 heavy (non-hydrogen) atoms. The molecule has 3 fully saturated rings. The zero-order valence-corrected chi connectivity index (χ0v) is 16.3. The maximum Gasteiger partial charge on any atom is 0.321 e. The third kappa shape index (κ3) is 4.00. The number of amides is 3. The van der Waals surface area contributed by atoms with Gasteiger partial charge in [0.2, 0.25) is 5.91 Å². The number of carbonyl (C=O) groups is 2. The van der Waals surface area contributed by atoms with Crippen molar-refractivity contribution in [3.05, 3.63) is 30.3 Å². The molecule has 2 saturated heterocycles. The number of urea groups is 1. The fourth-order valence-electron chi connectivity index (χ4n) is 4.71. The molecule has 0 radical (unpaired) electrons. The SMILES string of the molecule is O=C(CN1CCC(O)CC12CCC2)N1CCN(C(=O)Nc2ccccc2)CC1. The molecule has 0 bridgehead atoms. The van der Waals surface area contributed by atoms with Crippen LogP contribution >= 0.6 is 0 Å². The fraction of sp³-hybridized carbons (Fsp3) is 0.619. The molecule has 1 spiro atoms. The molecule has 1 saturated carbocycles. The van der Waals surface area contributed by atoms with Crippen molar-refractivity contribution in [3.8, 4) is 0 Å². The minimum absolute atomic E-state index is 0.0463. The summed E-state index contributed by atoms with van der Waals surface area (Å²) < 4.78 is 0. The molecule has 3 aliphatic rings. The van der Waals surface area contributed by atoms with E-state index in [0.717, 1.165) is 37.9 Å². The number of anilines is 1. The lowest BCUT2D eigenvalue weighted by molar-refractivity contribution is -0.140. The number of aliphatic hydroxyl groups is 1. The second kappa shape index (κ2) is 8.09. The Hall–Kier alpha value is -2.12. The zero-order chi connectivity index (χ0) is 19.6. The normalized spacial score (nSPS) is 24.7. The predicted octanol–water partition coefficient (Wildman–Crippen LogP) is 1.74. The Kier molecular flexibility index (Phi) is 5.55. The number of nitrogens with one attached hydrogen (secondary N) is 1. The van der Waals surface area contributed by atoms with Gasteiger partial charge in [-0.15, -0.1) is 0 Å². The Bertz CT molecular complexity index is 699. The first-order valence-electron chi connectivity index (χ1n) is 10.4. The van der Waals surface area contributed by atoms with Crippen molar-refractivity contribution in [2.45, 2.75) is 43.7 Å². The number of likely N-dealkylation sites (tertiary alicyclic amines) is 1. The topological polar surface area (TPSA) is 76.1 Å². The molecule has 2 heterocycles. The standard InChI is InChI=1S/C21H30N4O3/c26-18-7-10-25(21(15-18)8-4-9-21)16-19(27)23-11-13-24(14-12-23)20(28)22-17-5-2-1-3-6-17/h1-3,5-6,18,26H,4,7-16H2,(H,22,28). The van der Waals surface area contributed by atoms with E-state index in [4.69, 9.17) is 0 Å². The highest BCUT2D eigenvalue weighted by Gasteiger charge is 2.47. The van der Waals surface area contributed by atoms with Gasteiger partial charge < -0.3 is 20.2 Å². The summed E-state index contributed by atoms with van der Waals surface area (Å²) in [7, 11) is 0. The molecule has 1 unspecified atom stereocenters. The number of nitrogens with zero attached hydrogens (tertiary/aromatic N) is 3. The summed E-state index contributed by atoms with van der Waals surface area (Å²) in [6.45, 7) is 3.48. The predicted molar refractivity (Wildman–Crippen MR) is 107 cm³/mol. The van der Waals surface area contributed by atoms with Crippen molar-refractivity contribution in [2.24, 2.45) is 0 Å². The van der Waals surface area contributed by atoms with Crippen molar-refractivity contribution < 1.29 is 14.7 Å². The Labute approximate surface area is 166 Å². The molecule has 2 N–H and O–H groups in total. The van der Waals surface area contributed by atoms with Crippen molar-refractivity contribution in [1.82, 2.24) is 14.7 Å². The van der Waals surface area contributed by atoms with Crippen LogP contribution in [0.4, 0.5) is 10.5 Å². The summed E-state index contributed by atoms with van der Waals surface area (Å²) in [5.41, 5.74) is 0.828. The molecule has 0 aromatic heterocycles. The minimum atomic E-state index is -0.224. The lowest BCUT2D eigenvalue weighted by Crippen LogP contribution is -2.62. The van der Waals surface area contributed by atoms with Gasteiger partial charge >= 0.3 is 6.03 Å². The maximum atomic E-state index is 12.8. The number of aliphatic hydroxyl groups excluding tert-OH is 1. The van der Waals surface area contributed by atoms with Crippen LogP contribution in [0.3, 0.4) is 0 Å². The van der Waals surface area contributed by atoms with Gasteiger partial charge in [-0.25, -0.2) is 4.79 Å². The van der Waals surface area contributed by atoms with Crippen molar-refractivity contribution in [1.29, 1.82) is 0 Å². The largest absolute Gasteiger partial charge is 0.393 e. The van der Waals surface area contributed by atoms with Gasteiger partial charge in [0.25, 0.3) is 0 Å². The van der Waals surface area contributed by atoms with Gasteiger partial charge in [-0.1, -0.05) is 18.2 Å². The van der Waals surface area contributed by atoms with Crippen LogP contribution in [0.2, 0.25) is 0 Å². The highest BCUT2D eigenvalue weighted by Crippen LogP contribution is 2.44. The van der Waals surface area contributed by atoms with Crippen LogP contribution in [0, 0.1) is 0 Å². The molecule has 1 aliphatic carbocycles. The minimum Gasteiger partial charge on any atom is -0.393 e. The van der Waals surface area contributed by atoms with Gasteiger partial charge in [0.1, 0.15) is 0 Å². The van der Waals surface area contributed by atoms with E-state index < -0.39 is 0 Å². The molecule has 1 atom stereocenters. The third-order valence-electron chi connectivity index (χ3n) is 6.57. The fourth-order valence-corrected chi connectivity index (χ4v) is 4.71. The van der Waals surface area contributed by atoms with Crippen molar-refractivity contribution in [3.63, 3.8) is 0 Å². The Morgan fingerprint density at radius 3 is 2.36 bits per heavy atom. The number of hydrogen-bond donors (Lipinski definition) is 2. The van der Waals surface area contributed by atoms with E-state index in [1.165, 1.54) is 6.42 Å². The lowest BCUT2D eigenvalue weighted by Gasteiger charge is -2.54. The number of rotatable bonds is 3. The van der Waals surface area contributed by atoms with E-state index in [1.54, 1.807) is 4.90 Å². The van der Waals surface area contributed by atoms with Crippen LogP contribution in [-0.4, -0.2) is 82.7 Å². The second-order valence-electron chi connectivity index (χ2n) is 8.31. The Morgan fingerprint density at radius 2 is 1.71 bits per heavy atom. The molecule has 1 aromatic rings. The molecule has 3 amide bonds. The first-order valence-corrected chi connectivity index (χ1v) is 10.4. The number of piperidine rings is 1. The summed E-state index contributed by atoms with van der Waals surface area (Å²) in [6, 6.07) is 9.31. The van der Waals surface area contributed by atoms with E-state index in [9.17, 15) is 14.7 Å². The van der Waals surface area contributed by atoms with Crippen LogP contribution < -0.4 is 5.32 Å². The summed E-state index contributed by atoms with van der Waals surface area (Å²) >= 11 is 0. The van der Waals surface area contributed by atoms with Gasteiger partial charge in [0.05, 0.1) is 12.6 Å². The quantitative estimate of drug-likeness (QED) is 0.830. The third-order valence-corrected chi connectivity index (χ3v) is 6.57. The second-order valence-corrected chi connectivity index (χ2v) is 8.31. The van der Waals surface area contributed by atoms with E-state index in [1.807, 2.05) is 35.2 Å². The number of benzene rings is 1. The number of hydrogen-bond acceptors (Lipinski definition) is 4. The average molecular weight is 386 g/mol. The van der Waals surface area contributed by atoms with Gasteiger partial charge in [-0.2, -0.15) is 0 Å². The van der Waals surface area contributed by atoms with Crippen LogP contribution in [0.1, 0.15) is 32.1 Å². The Morgan fingerprint density at radius 1 is 1.04 bits per heavy atom. The maximum absolute atomic E-state index is 12.8. The van der Waals surface area contributed by atoms with E-state index >= 15 is 0 Å². The van der Waals surface area contributed by atoms with E-state index in [2.05, 4.69) is 10.2 Å². The number of piperazine rings is 1. The summed E-state index contributed by atoms with van der Waals surface area (Å²) in [5, 5.41) is 12.9. The van der Waals surface area contributed by atoms with Crippen LogP contribution in [0.15, 0.2) is 30.3 Å². The monoisotopic (exact) mass is 386 g/mol. The van der Waals surface area contributed by atoms with Crippen molar-refractivity contribution in [2.75, 3.05) is 44.6 Å². The molecule has 152 valence electrons. The van der Waals surface area contributed by atoms with Gasteiger partial charge in [-0.3, -0.25) is 9.69 Å². The average Bonchev–Trinajstić information content (AvgIpc) is 2.69. The first-order chi connectivity index (χ1) is 13.6. The first kappa shape index (κ1) is 19.2. The van der Waals surface area contributed by atoms with E-state index in [-0.39, 0.29) is 23.6 Å². The molecule has 1 aromatic carbocycles. The summed E-state index contributed by atoms with van der Waals surface area (Å²) in [5.74, 6) is 0.144. The molecule has 7 heteroatoms. The smallest absolute Gasteiger partial charge is 0.321 e. The van der Waals surface area contributed by atoms with Crippen LogP contribution in [-0.2, 0) is 4.79 Å².